The maximum Gasteiger partial charge on any atom is 0.0746 e. The maximum absolute atomic E-state index is 3.86. The van der Waals surface area contributed by atoms with Gasteiger partial charge in [0, 0.05) is 5.41 Å². The van der Waals surface area contributed by atoms with Crippen molar-refractivity contribution in [2.24, 2.45) is 11.8 Å². The van der Waals surface area contributed by atoms with Crippen LogP contribution in [0.5, 0.6) is 0 Å². The van der Waals surface area contributed by atoms with Crippen LogP contribution in [0.25, 0.3) is 0 Å². The average Bonchev–Trinajstić information content (AvgIpc) is 3.25. The molecule has 2 aromatic rings. The first-order valence-corrected chi connectivity index (χ1v) is 9.45. The summed E-state index contributed by atoms with van der Waals surface area (Å²) < 4.78 is 0. The highest BCUT2D eigenvalue weighted by atomic mass is 15.3. The SMILES string of the molecule is c1ccc(C2(c3ccccc3)CC3CCNC34NCCC4C2)cc1. The van der Waals surface area contributed by atoms with Crippen LogP contribution >= 0.6 is 0 Å². The van der Waals surface area contributed by atoms with Crippen molar-refractivity contribution in [3.05, 3.63) is 71.8 Å². The van der Waals surface area contributed by atoms with E-state index in [-0.39, 0.29) is 11.1 Å². The lowest BCUT2D eigenvalue weighted by atomic mass is 9.56. The van der Waals surface area contributed by atoms with Crippen molar-refractivity contribution in [2.45, 2.75) is 36.8 Å². The molecule has 1 aliphatic carbocycles. The summed E-state index contributed by atoms with van der Waals surface area (Å²) in [6.45, 7) is 2.32. The van der Waals surface area contributed by atoms with Crippen LogP contribution in [0.1, 0.15) is 36.8 Å². The predicted octanol–water partition coefficient (Wildman–Crippen LogP) is 3.68. The number of nitrogens with one attached hydrogen (secondary N) is 2. The quantitative estimate of drug-likeness (QED) is 0.882. The van der Waals surface area contributed by atoms with E-state index in [1.54, 1.807) is 0 Å². The van der Waals surface area contributed by atoms with Crippen LogP contribution in [0.2, 0.25) is 0 Å². The third-order valence-electron chi connectivity index (χ3n) is 6.95. The Kier molecular flexibility index (Phi) is 3.33. The number of benzene rings is 2. The van der Waals surface area contributed by atoms with Crippen molar-refractivity contribution < 1.29 is 0 Å². The van der Waals surface area contributed by atoms with Gasteiger partial charge >= 0.3 is 0 Å². The Labute approximate surface area is 144 Å². The van der Waals surface area contributed by atoms with E-state index in [4.69, 9.17) is 0 Å². The molecule has 0 aromatic heterocycles. The Balaban J connectivity index is 1.66. The zero-order valence-electron chi connectivity index (χ0n) is 14.2. The molecule has 124 valence electrons. The minimum absolute atomic E-state index is 0.166. The van der Waals surface area contributed by atoms with Gasteiger partial charge in [0.2, 0.25) is 0 Å². The molecule has 2 heteroatoms. The van der Waals surface area contributed by atoms with Gasteiger partial charge in [-0.25, -0.2) is 0 Å². The first kappa shape index (κ1) is 14.7. The standard InChI is InChI=1S/C22H26N2/c1-3-7-17(8-4-1)21(18-9-5-2-6-10-18)15-19-11-13-23-22(19)20(16-21)12-14-24-22/h1-10,19-20,23-24H,11-16H2. The van der Waals surface area contributed by atoms with Crippen molar-refractivity contribution in [1.82, 2.24) is 10.6 Å². The van der Waals surface area contributed by atoms with E-state index >= 15 is 0 Å². The predicted molar refractivity (Wildman–Crippen MR) is 97.8 cm³/mol. The summed E-state index contributed by atoms with van der Waals surface area (Å²) in [6.07, 6.45) is 5.09. The van der Waals surface area contributed by atoms with Gasteiger partial charge in [-0.3, -0.25) is 10.6 Å². The van der Waals surface area contributed by atoms with Crippen LogP contribution < -0.4 is 10.6 Å². The van der Waals surface area contributed by atoms with Gasteiger partial charge in [-0.2, -0.15) is 0 Å². The third kappa shape index (κ3) is 1.96. The van der Waals surface area contributed by atoms with E-state index in [0.717, 1.165) is 24.9 Å². The maximum atomic E-state index is 3.86. The van der Waals surface area contributed by atoms with Gasteiger partial charge in [-0.15, -0.1) is 0 Å². The molecule has 3 aliphatic rings. The summed E-state index contributed by atoms with van der Waals surface area (Å²) >= 11 is 0. The molecule has 2 N–H and O–H groups in total. The molecular formula is C22H26N2. The Hall–Kier alpha value is -1.64. The number of hydrogen-bond acceptors (Lipinski definition) is 2. The van der Waals surface area contributed by atoms with Crippen molar-refractivity contribution in [2.75, 3.05) is 13.1 Å². The molecule has 24 heavy (non-hydrogen) atoms. The lowest BCUT2D eigenvalue weighted by Crippen LogP contribution is -2.62. The fourth-order valence-electron chi connectivity index (χ4n) is 5.94. The van der Waals surface area contributed by atoms with Crippen molar-refractivity contribution in [1.29, 1.82) is 0 Å². The van der Waals surface area contributed by atoms with Gasteiger partial charge in [-0.05, 0) is 61.7 Å². The fraction of sp³-hybridized carbons (Fsp3) is 0.455. The second kappa shape index (κ2) is 5.44. The monoisotopic (exact) mass is 318 g/mol. The highest BCUT2D eigenvalue weighted by molar-refractivity contribution is 5.41. The molecule has 3 fully saturated rings. The molecule has 2 atom stereocenters. The Morgan fingerprint density at radius 3 is 1.58 bits per heavy atom. The van der Waals surface area contributed by atoms with Crippen molar-refractivity contribution in [3.63, 3.8) is 0 Å². The van der Waals surface area contributed by atoms with Crippen molar-refractivity contribution in [3.8, 4) is 0 Å². The van der Waals surface area contributed by atoms with E-state index < -0.39 is 0 Å². The van der Waals surface area contributed by atoms with Crippen LogP contribution in [0.3, 0.4) is 0 Å². The Bertz CT molecular complexity index is 646. The number of rotatable bonds is 2. The van der Waals surface area contributed by atoms with Crippen LogP contribution in [0.15, 0.2) is 60.7 Å². The average molecular weight is 318 g/mol. The molecule has 2 saturated heterocycles. The summed E-state index contributed by atoms with van der Waals surface area (Å²) in [6, 6.07) is 22.5. The Morgan fingerprint density at radius 1 is 0.667 bits per heavy atom. The molecule has 1 spiro atoms. The van der Waals surface area contributed by atoms with Gasteiger partial charge in [0.25, 0.3) is 0 Å². The van der Waals surface area contributed by atoms with E-state index in [9.17, 15) is 0 Å². The van der Waals surface area contributed by atoms with Gasteiger partial charge in [0.05, 0.1) is 5.66 Å². The van der Waals surface area contributed by atoms with Crippen LogP contribution in [-0.4, -0.2) is 18.8 Å². The van der Waals surface area contributed by atoms with Crippen LogP contribution in [0.4, 0.5) is 0 Å². The van der Waals surface area contributed by atoms with Crippen LogP contribution in [0, 0.1) is 11.8 Å². The Morgan fingerprint density at radius 2 is 1.12 bits per heavy atom. The minimum atomic E-state index is 0.166. The highest BCUT2D eigenvalue weighted by Crippen LogP contribution is 2.56. The highest BCUT2D eigenvalue weighted by Gasteiger charge is 2.59. The first-order chi connectivity index (χ1) is 11.8. The molecule has 2 nitrogen and oxygen atoms in total. The zero-order chi connectivity index (χ0) is 16.0. The van der Waals surface area contributed by atoms with Gasteiger partial charge in [0.1, 0.15) is 0 Å². The topological polar surface area (TPSA) is 24.1 Å². The van der Waals surface area contributed by atoms with Gasteiger partial charge in [0.15, 0.2) is 0 Å². The summed E-state index contributed by atoms with van der Waals surface area (Å²) in [5.41, 5.74) is 3.39. The largest absolute Gasteiger partial charge is 0.299 e. The summed E-state index contributed by atoms with van der Waals surface area (Å²) in [7, 11) is 0. The molecule has 0 radical (unpaired) electrons. The first-order valence-electron chi connectivity index (χ1n) is 9.45. The van der Waals surface area contributed by atoms with Crippen molar-refractivity contribution >= 4 is 0 Å². The zero-order valence-corrected chi connectivity index (χ0v) is 14.2. The lowest BCUT2D eigenvalue weighted by molar-refractivity contribution is 0.0793. The van der Waals surface area contributed by atoms with E-state index in [1.807, 2.05) is 0 Å². The lowest BCUT2D eigenvalue weighted by Gasteiger charge is -2.51. The molecule has 2 aliphatic heterocycles. The minimum Gasteiger partial charge on any atom is -0.299 e. The second-order valence-corrected chi connectivity index (χ2v) is 7.92. The van der Waals surface area contributed by atoms with E-state index in [2.05, 4.69) is 71.3 Å². The molecule has 2 aromatic carbocycles. The fourth-order valence-corrected chi connectivity index (χ4v) is 5.94. The molecular weight excluding hydrogens is 292 g/mol. The molecule has 5 rings (SSSR count). The molecule has 2 heterocycles. The number of hydrogen-bond donors (Lipinski definition) is 2. The van der Waals surface area contributed by atoms with Gasteiger partial charge in [-0.1, -0.05) is 60.7 Å². The summed E-state index contributed by atoms with van der Waals surface area (Å²) in [4.78, 5) is 0. The van der Waals surface area contributed by atoms with E-state index in [0.29, 0.717) is 0 Å². The third-order valence-corrected chi connectivity index (χ3v) is 6.95. The summed E-state index contributed by atoms with van der Waals surface area (Å²) in [5, 5.41) is 7.73. The molecule has 1 saturated carbocycles. The van der Waals surface area contributed by atoms with E-state index in [1.165, 1.54) is 36.8 Å². The molecule has 2 unspecified atom stereocenters. The van der Waals surface area contributed by atoms with Crippen LogP contribution in [-0.2, 0) is 5.41 Å². The summed E-state index contributed by atoms with van der Waals surface area (Å²) in [5.74, 6) is 1.44. The molecule has 0 bridgehead atoms. The normalized spacial score (nSPS) is 33.8. The molecule has 0 amide bonds. The van der Waals surface area contributed by atoms with Gasteiger partial charge < -0.3 is 0 Å². The smallest absolute Gasteiger partial charge is 0.0746 e. The second-order valence-electron chi connectivity index (χ2n) is 7.92.